The first-order valence-corrected chi connectivity index (χ1v) is 10.3. The molecule has 7 heteroatoms. The number of nitrogens with zero attached hydrogens (tertiary/aromatic N) is 2. The molecule has 0 spiro atoms. The fourth-order valence-electron chi connectivity index (χ4n) is 2.69. The maximum atomic E-state index is 12.6. The van der Waals surface area contributed by atoms with Gasteiger partial charge in [0.25, 0.3) is 5.91 Å². The van der Waals surface area contributed by atoms with Crippen LogP contribution in [0.1, 0.15) is 16.7 Å². The van der Waals surface area contributed by atoms with Crippen LogP contribution in [0, 0.1) is 13.8 Å². The van der Waals surface area contributed by atoms with Gasteiger partial charge in [-0.05, 0) is 43.2 Å². The molecule has 1 aliphatic rings. The third-order valence-electron chi connectivity index (χ3n) is 4.21. The molecule has 1 aliphatic heterocycles. The zero-order valence-electron chi connectivity index (χ0n) is 15.2. The summed E-state index contributed by atoms with van der Waals surface area (Å²) in [4.78, 5) is 18.7. The molecule has 4 nitrogen and oxygen atoms in total. The van der Waals surface area contributed by atoms with Gasteiger partial charge < -0.3 is 4.74 Å². The Labute approximate surface area is 173 Å². The second-order valence-corrected chi connectivity index (χ2v) is 8.08. The van der Waals surface area contributed by atoms with Gasteiger partial charge in [-0.25, -0.2) is 0 Å². The molecule has 0 aliphatic carbocycles. The molecule has 1 amide bonds. The summed E-state index contributed by atoms with van der Waals surface area (Å²) in [5.74, 6) is 1.08. The van der Waals surface area contributed by atoms with Gasteiger partial charge in [0.05, 0.1) is 11.6 Å². The normalized spacial score (nSPS) is 13.6. The number of amides is 1. The SMILES string of the molecule is Cc1ccc(C)c(CSC2=NCCN2C(=O)COc2ccc(Cl)cc2Cl)c1. The number of benzene rings is 2. The Balaban J connectivity index is 1.58. The molecule has 0 unspecified atom stereocenters. The zero-order valence-corrected chi connectivity index (χ0v) is 17.5. The van der Waals surface area contributed by atoms with Crippen molar-refractivity contribution < 1.29 is 9.53 Å². The van der Waals surface area contributed by atoms with Crippen molar-refractivity contribution in [2.75, 3.05) is 19.7 Å². The Bertz CT molecular complexity index is 886. The lowest BCUT2D eigenvalue weighted by molar-refractivity contribution is -0.128. The van der Waals surface area contributed by atoms with Crippen molar-refractivity contribution in [3.8, 4) is 5.75 Å². The van der Waals surface area contributed by atoms with Crippen LogP contribution in [0.2, 0.25) is 10.0 Å². The van der Waals surface area contributed by atoms with Crippen LogP contribution in [-0.2, 0) is 10.5 Å². The molecule has 0 saturated carbocycles. The second-order valence-electron chi connectivity index (χ2n) is 6.29. The Morgan fingerprint density at radius 1 is 1.22 bits per heavy atom. The fraction of sp³-hybridized carbons (Fsp3) is 0.300. The number of amidine groups is 1. The molecule has 0 saturated heterocycles. The number of carbonyl (C=O) groups excluding carboxylic acids is 1. The number of thioether (sulfide) groups is 1. The van der Waals surface area contributed by atoms with Gasteiger partial charge in [-0.2, -0.15) is 0 Å². The van der Waals surface area contributed by atoms with Crippen LogP contribution in [0.15, 0.2) is 41.4 Å². The molecule has 27 heavy (non-hydrogen) atoms. The fourth-order valence-corrected chi connectivity index (χ4v) is 4.28. The van der Waals surface area contributed by atoms with Crippen molar-refractivity contribution in [2.45, 2.75) is 19.6 Å². The summed E-state index contributed by atoms with van der Waals surface area (Å²) >= 11 is 13.5. The molecule has 0 N–H and O–H groups in total. The van der Waals surface area contributed by atoms with Crippen molar-refractivity contribution in [1.82, 2.24) is 4.90 Å². The Morgan fingerprint density at radius 3 is 2.81 bits per heavy atom. The highest BCUT2D eigenvalue weighted by molar-refractivity contribution is 8.13. The van der Waals surface area contributed by atoms with Crippen LogP contribution < -0.4 is 4.74 Å². The van der Waals surface area contributed by atoms with Crippen LogP contribution in [0.25, 0.3) is 0 Å². The average molecular weight is 423 g/mol. The van der Waals surface area contributed by atoms with E-state index in [0.29, 0.717) is 28.9 Å². The summed E-state index contributed by atoms with van der Waals surface area (Å²) < 4.78 is 5.57. The third-order valence-corrected chi connectivity index (χ3v) is 5.80. The highest BCUT2D eigenvalue weighted by atomic mass is 35.5. The van der Waals surface area contributed by atoms with Crippen LogP contribution >= 0.6 is 35.0 Å². The maximum Gasteiger partial charge on any atom is 0.266 e. The van der Waals surface area contributed by atoms with E-state index in [1.54, 1.807) is 34.9 Å². The molecular formula is C20H20Cl2N2O2S. The molecule has 2 aromatic rings. The summed E-state index contributed by atoms with van der Waals surface area (Å²) in [5.41, 5.74) is 3.72. The van der Waals surface area contributed by atoms with Gasteiger partial charge in [-0.1, -0.05) is 58.7 Å². The van der Waals surface area contributed by atoms with E-state index in [0.717, 1.165) is 10.9 Å². The third kappa shape index (κ3) is 5.18. The molecule has 1 heterocycles. The summed E-state index contributed by atoms with van der Waals surface area (Å²) in [7, 11) is 0. The minimum atomic E-state index is -0.134. The van der Waals surface area contributed by atoms with E-state index in [1.165, 1.54) is 16.7 Å². The number of aryl methyl sites for hydroxylation is 2. The molecule has 0 atom stereocenters. The number of halogens is 2. The maximum absolute atomic E-state index is 12.6. The van der Waals surface area contributed by atoms with Gasteiger partial charge >= 0.3 is 0 Å². The highest BCUT2D eigenvalue weighted by Gasteiger charge is 2.24. The number of hydrogen-bond acceptors (Lipinski definition) is 4. The van der Waals surface area contributed by atoms with E-state index < -0.39 is 0 Å². The van der Waals surface area contributed by atoms with Gasteiger partial charge in [0.2, 0.25) is 0 Å². The molecule has 142 valence electrons. The van der Waals surface area contributed by atoms with E-state index in [1.807, 2.05) is 0 Å². The van der Waals surface area contributed by atoms with E-state index in [2.05, 4.69) is 37.0 Å². The predicted octanol–water partition coefficient (Wildman–Crippen LogP) is 5.12. The average Bonchev–Trinajstić information content (AvgIpc) is 3.10. The van der Waals surface area contributed by atoms with Crippen molar-refractivity contribution in [3.05, 3.63) is 63.1 Å². The van der Waals surface area contributed by atoms with Crippen molar-refractivity contribution in [1.29, 1.82) is 0 Å². The van der Waals surface area contributed by atoms with E-state index in [4.69, 9.17) is 27.9 Å². The number of ether oxygens (including phenoxy) is 1. The zero-order chi connectivity index (χ0) is 19.4. The number of aliphatic imine (C=N–C) groups is 1. The van der Waals surface area contributed by atoms with Gasteiger partial charge in [0.1, 0.15) is 5.75 Å². The van der Waals surface area contributed by atoms with Crippen LogP contribution in [-0.4, -0.2) is 35.7 Å². The van der Waals surface area contributed by atoms with Gasteiger partial charge in [0.15, 0.2) is 11.8 Å². The Morgan fingerprint density at radius 2 is 2.04 bits per heavy atom. The summed E-state index contributed by atoms with van der Waals surface area (Å²) in [6.45, 7) is 5.27. The smallest absolute Gasteiger partial charge is 0.266 e. The minimum Gasteiger partial charge on any atom is -0.482 e. The van der Waals surface area contributed by atoms with Gasteiger partial charge in [0, 0.05) is 17.3 Å². The van der Waals surface area contributed by atoms with Crippen LogP contribution in [0.4, 0.5) is 0 Å². The number of rotatable bonds is 5. The first-order valence-electron chi connectivity index (χ1n) is 8.55. The van der Waals surface area contributed by atoms with Crippen LogP contribution in [0.3, 0.4) is 0 Å². The monoisotopic (exact) mass is 422 g/mol. The lowest BCUT2D eigenvalue weighted by Crippen LogP contribution is -2.36. The first-order chi connectivity index (χ1) is 12.9. The minimum absolute atomic E-state index is 0.0929. The van der Waals surface area contributed by atoms with E-state index in [-0.39, 0.29) is 12.5 Å². The number of hydrogen-bond donors (Lipinski definition) is 0. The molecular weight excluding hydrogens is 403 g/mol. The highest BCUT2D eigenvalue weighted by Crippen LogP contribution is 2.28. The predicted molar refractivity (Wildman–Crippen MR) is 113 cm³/mol. The lowest BCUT2D eigenvalue weighted by Gasteiger charge is -2.18. The Hall–Kier alpha value is -1.69. The lowest BCUT2D eigenvalue weighted by atomic mass is 10.1. The molecule has 2 aromatic carbocycles. The van der Waals surface area contributed by atoms with Crippen LogP contribution in [0.5, 0.6) is 5.75 Å². The quantitative estimate of drug-likeness (QED) is 0.670. The summed E-state index contributed by atoms with van der Waals surface area (Å²) in [6.07, 6.45) is 0. The van der Waals surface area contributed by atoms with E-state index in [9.17, 15) is 4.79 Å². The van der Waals surface area contributed by atoms with Gasteiger partial charge in [-0.3, -0.25) is 14.7 Å². The number of carbonyl (C=O) groups is 1. The topological polar surface area (TPSA) is 41.9 Å². The van der Waals surface area contributed by atoms with E-state index >= 15 is 0 Å². The molecule has 0 bridgehead atoms. The molecule has 3 rings (SSSR count). The van der Waals surface area contributed by atoms with Crippen molar-refractivity contribution >= 4 is 46.0 Å². The summed E-state index contributed by atoms with van der Waals surface area (Å²) in [6, 6.07) is 11.3. The van der Waals surface area contributed by atoms with Crippen molar-refractivity contribution in [2.24, 2.45) is 4.99 Å². The molecule has 0 aromatic heterocycles. The van der Waals surface area contributed by atoms with Gasteiger partial charge in [-0.15, -0.1) is 0 Å². The first kappa shape index (κ1) is 20.1. The Kier molecular flexibility index (Phi) is 6.68. The largest absolute Gasteiger partial charge is 0.482 e. The standard InChI is InChI=1S/C20H20Cl2N2O2S/c1-13-3-4-14(2)15(9-13)12-27-20-23-7-8-24(20)19(25)11-26-18-6-5-16(21)10-17(18)22/h3-6,9-10H,7-8,11-12H2,1-2H3. The molecule has 0 fully saturated rings. The van der Waals surface area contributed by atoms with Crippen molar-refractivity contribution in [3.63, 3.8) is 0 Å². The summed E-state index contributed by atoms with van der Waals surface area (Å²) in [5, 5.41) is 1.65. The second kappa shape index (κ2) is 9.00. The molecule has 0 radical (unpaired) electrons.